The van der Waals surface area contributed by atoms with Crippen molar-refractivity contribution in [3.63, 3.8) is 0 Å². The van der Waals surface area contributed by atoms with Gasteiger partial charge in [0.15, 0.2) is 4.96 Å². The van der Waals surface area contributed by atoms with Gasteiger partial charge < -0.3 is 11.5 Å². The number of rotatable bonds is 3. The van der Waals surface area contributed by atoms with Crippen LogP contribution in [0.15, 0.2) is 34.7 Å². The van der Waals surface area contributed by atoms with E-state index in [1.807, 2.05) is 23.5 Å². The van der Waals surface area contributed by atoms with Gasteiger partial charge in [0.1, 0.15) is 5.69 Å². The topological polar surface area (TPSA) is 107 Å². The smallest absolute Gasteiger partial charge is 0.211 e. The van der Waals surface area contributed by atoms with Crippen molar-refractivity contribution in [2.45, 2.75) is 13.8 Å². The molecular weight excluding hydrogens is 369 g/mol. The van der Waals surface area contributed by atoms with Gasteiger partial charge in [0, 0.05) is 28.5 Å². The minimum atomic E-state index is -0.0850. The molecule has 0 fully saturated rings. The first-order valence-corrected chi connectivity index (χ1v) is 7.40. The number of aryl methyl sites for hydroxylation is 2. The fraction of sp³-hybridized carbons (Fsp3) is 0.143. The van der Waals surface area contributed by atoms with Crippen LogP contribution in [0.2, 0.25) is 0 Å². The lowest BCUT2D eigenvalue weighted by Crippen LogP contribution is -2.21. The van der Waals surface area contributed by atoms with Gasteiger partial charge in [0.25, 0.3) is 0 Å². The summed E-state index contributed by atoms with van der Waals surface area (Å²) in [6, 6.07) is 3.83. The lowest BCUT2D eigenvalue weighted by Gasteiger charge is -2.00. The highest BCUT2D eigenvalue weighted by molar-refractivity contribution is 7.17. The van der Waals surface area contributed by atoms with Crippen molar-refractivity contribution in [3.8, 4) is 11.3 Å². The molecule has 0 aromatic carbocycles. The molecule has 0 amide bonds. The van der Waals surface area contributed by atoms with Crippen molar-refractivity contribution in [3.05, 3.63) is 40.8 Å². The summed E-state index contributed by atoms with van der Waals surface area (Å²) in [5.41, 5.74) is 14.3. The monoisotopic (exact) mass is 385 g/mol. The Morgan fingerprint density at radius 2 is 2.04 bits per heavy atom. The highest BCUT2D eigenvalue weighted by atomic mass is 35.5. The van der Waals surface area contributed by atoms with Crippen LogP contribution in [0.4, 0.5) is 0 Å². The van der Waals surface area contributed by atoms with Gasteiger partial charge in [0.05, 0.1) is 11.9 Å². The standard InChI is InChI=1S/C14H15N7S.2ClH/c1-8-9(2)22-14-19-12(10-4-3-5-17-6-10)11(21(8)14)7-18-20-13(15)16;;/h3-7H,1-2H3,(H4,15,16,20);2*1H/b18-7+;;. The minimum Gasteiger partial charge on any atom is -0.369 e. The Labute approximate surface area is 155 Å². The molecule has 0 atom stereocenters. The molecule has 0 saturated heterocycles. The van der Waals surface area contributed by atoms with E-state index < -0.39 is 0 Å². The zero-order valence-electron chi connectivity index (χ0n) is 13.0. The normalized spacial score (nSPS) is 10.4. The third-order valence-corrected chi connectivity index (χ3v) is 4.32. The second-order valence-corrected chi connectivity index (χ2v) is 5.90. The zero-order chi connectivity index (χ0) is 15.7. The highest BCUT2D eigenvalue weighted by Crippen LogP contribution is 2.29. The molecule has 128 valence electrons. The van der Waals surface area contributed by atoms with Gasteiger partial charge >= 0.3 is 0 Å². The average molecular weight is 386 g/mol. The van der Waals surface area contributed by atoms with E-state index >= 15 is 0 Å². The summed E-state index contributed by atoms with van der Waals surface area (Å²) in [6.07, 6.45) is 5.11. The van der Waals surface area contributed by atoms with Crippen LogP contribution < -0.4 is 11.5 Å². The molecule has 0 saturated carbocycles. The van der Waals surface area contributed by atoms with Crippen LogP contribution in [0.3, 0.4) is 0 Å². The van der Waals surface area contributed by atoms with E-state index in [0.29, 0.717) is 0 Å². The number of nitrogens with zero attached hydrogens (tertiary/aromatic N) is 5. The molecule has 0 aliphatic heterocycles. The molecule has 0 radical (unpaired) electrons. The fourth-order valence-electron chi connectivity index (χ4n) is 2.16. The fourth-order valence-corrected chi connectivity index (χ4v) is 3.13. The quantitative estimate of drug-likeness (QED) is 0.410. The number of pyridine rings is 1. The molecule has 3 rings (SSSR count). The van der Waals surface area contributed by atoms with E-state index in [1.54, 1.807) is 29.9 Å². The van der Waals surface area contributed by atoms with Crippen LogP contribution in [0.1, 0.15) is 16.3 Å². The lowest BCUT2D eigenvalue weighted by atomic mass is 10.2. The molecule has 3 aromatic heterocycles. The van der Waals surface area contributed by atoms with Crippen molar-refractivity contribution in [1.82, 2.24) is 14.4 Å². The van der Waals surface area contributed by atoms with E-state index in [2.05, 4.69) is 22.1 Å². The number of hydrogen-bond donors (Lipinski definition) is 2. The maximum absolute atomic E-state index is 5.31. The summed E-state index contributed by atoms with van der Waals surface area (Å²) in [7, 11) is 0. The molecule has 10 heteroatoms. The number of nitrogens with two attached hydrogens (primary N) is 2. The van der Waals surface area contributed by atoms with E-state index in [4.69, 9.17) is 16.5 Å². The van der Waals surface area contributed by atoms with E-state index in [-0.39, 0.29) is 30.8 Å². The van der Waals surface area contributed by atoms with Crippen molar-refractivity contribution in [2.75, 3.05) is 0 Å². The van der Waals surface area contributed by atoms with Gasteiger partial charge in [-0.05, 0) is 26.0 Å². The van der Waals surface area contributed by atoms with E-state index in [0.717, 1.165) is 27.6 Å². The van der Waals surface area contributed by atoms with Gasteiger partial charge in [-0.3, -0.25) is 9.38 Å². The minimum absolute atomic E-state index is 0. The van der Waals surface area contributed by atoms with Crippen LogP contribution in [0, 0.1) is 13.8 Å². The Bertz CT molecular complexity index is 880. The van der Waals surface area contributed by atoms with Crippen molar-refractivity contribution < 1.29 is 0 Å². The van der Waals surface area contributed by atoms with Crippen molar-refractivity contribution in [2.24, 2.45) is 21.7 Å². The Morgan fingerprint density at radius 1 is 1.29 bits per heavy atom. The Balaban J connectivity index is 0.00000144. The van der Waals surface area contributed by atoms with Crippen LogP contribution in [-0.2, 0) is 0 Å². The highest BCUT2D eigenvalue weighted by Gasteiger charge is 2.17. The van der Waals surface area contributed by atoms with Gasteiger partial charge in [-0.1, -0.05) is 0 Å². The molecule has 4 N–H and O–H groups in total. The van der Waals surface area contributed by atoms with Crippen LogP contribution in [0.25, 0.3) is 16.2 Å². The first-order valence-electron chi connectivity index (χ1n) is 6.58. The lowest BCUT2D eigenvalue weighted by molar-refractivity contribution is 1.09. The van der Waals surface area contributed by atoms with Crippen LogP contribution in [-0.4, -0.2) is 26.5 Å². The zero-order valence-corrected chi connectivity index (χ0v) is 15.5. The van der Waals surface area contributed by atoms with E-state index in [1.165, 1.54) is 4.88 Å². The summed E-state index contributed by atoms with van der Waals surface area (Å²) in [5, 5.41) is 7.60. The summed E-state index contributed by atoms with van der Waals surface area (Å²) >= 11 is 1.63. The predicted octanol–water partition coefficient (Wildman–Crippen LogP) is 2.53. The largest absolute Gasteiger partial charge is 0.369 e. The number of hydrogen-bond acceptors (Lipinski definition) is 5. The van der Waals surface area contributed by atoms with E-state index in [9.17, 15) is 0 Å². The first-order chi connectivity index (χ1) is 10.6. The summed E-state index contributed by atoms with van der Waals surface area (Å²) in [6.45, 7) is 4.11. The maximum atomic E-state index is 5.31. The molecule has 24 heavy (non-hydrogen) atoms. The van der Waals surface area contributed by atoms with Gasteiger partial charge in [-0.2, -0.15) is 5.10 Å². The number of imidazole rings is 1. The third-order valence-electron chi connectivity index (χ3n) is 3.26. The molecule has 3 aromatic rings. The summed E-state index contributed by atoms with van der Waals surface area (Å²) in [4.78, 5) is 11.0. The SMILES string of the molecule is Cc1sc2nc(-c3cccnc3)c(/C=N/N=C(N)N)n2c1C.Cl.Cl. The Kier molecular flexibility index (Phi) is 6.70. The maximum Gasteiger partial charge on any atom is 0.211 e. The number of halogens is 2. The second kappa shape index (κ2) is 8.09. The molecular formula is C14H17Cl2N7S. The van der Waals surface area contributed by atoms with Gasteiger partial charge in [-0.25, -0.2) is 4.98 Å². The first kappa shape index (κ1) is 19.9. The Morgan fingerprint density at radius 3 is 2.67 bits per heavy atom. The van der Waals surface area contributed by atoms with Gasteiger partial charge in [0.2, 0.25) is 5.96 Å². The third kappa shape index (κ3) is 3.66. The molecule has 0 unspecified atom stereocenters. The number of aromatic nitrogens is 3. The van der Waals surface area contributed by atoms with Gasteiger partial charge in [-0.15, -0.1) is 41.3 Å². The number of thiazole rings is 1. The number of guanidine groups is 1. The predicted molar refractivity (Wildman–Crippen MR) is 104 cm³/mol. The molecule has 0 spiro atoms. The molecule has 3 heterocycles. The van der Waals surface area contributed by atoms with Crippen LogP contribution >= 0.6 is 36.2 Å². The summed E-state index contributed by atoms with van der Waals surface area (Å²) < 4.78 is 2.05. The van der Waals surface area contributed by atoms with Crippen molar-refractivity contribution in [1.29, 1.82) is 0 Å². The molecule has 0 aliphatic rings. The molecule has 0 bridgehead atoms. The molecule has 7 nitrogen and oxygen atoms in total. The summed E-state index contributed by atoms with van der Waals surface area (Å²) in [5.74, 6) is -0.0850. The molecule has 0 aliphatic carbocycles. The second-order valence-electron chi connectivity index (χ2n) is 4.72. The van der Waals surface area contributed by atoms with Crippen molar-refractivity contribution >= 4 is 53.3 Å². The Hall–Kier alpha value is -2.16. The average Bonchev–Trinajstić information content (AvgIpc) is 2.98. The van der Waals surface area contributed by atoms with Crippen LogP contribution in [0.5, 0.6) is 0 Å². The number of fused-ring (bicyclic) bond motifs is 1.